The van der Waals surface area contributed by atoms with Crippen molar-refractivity contribution in [3.8, 4) is 0 Å². The zero-order chi connectivity index (χ0) is 16.9. The summed E-state index contributed by atoms with van der Waals surface area (Å²) < 4.78 is 35.1. The Morgan fingerprint density at radius 2 is 1.55 bits per heavy atom. The first-order valence-electron chi connectivity index (χ1n) is 6.10. The highest BCUT2D eigenvalue weighted by Gasteiger charge is 2.46. The highest BCUT2D eigenvalue weighted by atomic mass is 127. The number of hydrogen-bond acceptors (Lipinski definition) is 7. The van der Waals surface area contributed by atoms with Crippen LogP contribution in [0.1, 0.15) is 10.9 Å². The summed E-state index contributed by atoms with van der Waals surface area (Å²) in [4.78, 5) is 23.5. The van der Waals surface area contributed by atoms with Crippen LogP contribution in [0.2, 0.25) is 0 Å². The lowest BCUT2D eigenvalue weighted by atomic mass is 10.2. The molecule has 0 aliphatic heterocycles. The van der Waals surface area contributed by atoms with Crippen LogP contribution in [-0.4, -0.2) is 46.9 Å². The molecule has 0 aliphatic rings. The van der Waals surface area contributed by atoms with Gasteiger partial charge in [-0.05, 0) is 47.3 Å². The Hall–Kier alpha value is -1.20. The summed E-state index contributed by atoms with van der Waals surface area (Å²) in [6, 6.07) is 6.65. The van der Waals surface area contributed by atoms with Gasteiger partial charge in [0.1, 0.15) is 5.37 Å². The van der Waals surface area contributed by atoms with Crippen LogP contribution in [0.4, 0.5) is 0 Å². The number of nitrogens with one attached hydrogen (secondary N) is 1. The molecule has 0 saturated heterocycles. The van der Waals surface area contributed by atoms with Crippen LogP contribution in [0, 0.1) is 3.57 Å². The molecular formula is C13H16INO6S. The number of esters is 2. The van der Waals surface area contributed by atoms with E-state index in [1.165, 1.54) is 7.05 Å². The van der Waals surface area contributed by atoms with E-state index in [-0.39, 0.29) is 0 Å². The molecule has 0 fully saturated rings. The van der Waals surface area contributed by atoms with Crippen molar-refractivity contribution in [2.75, 3.05) is 21.3 Å². The van der Waals surface area contributed by atoms with Crippen molar-refractivity contribution >= 4 is 44.4 Å². The molecule has 0 amide bonds. The van der Waals surface area contributed by atoms with Crippen molar-refractivity contribution < 1.29 is 27.5 Å². The predicted molar refractivity (Wildman–Crippen MR) is 87.7 cm³/mol. The van der Waals surface area contributed by atoms with Crippen LogP contribution in [0.15, 0.2) is 24.3 Å². The fraction of sp³-hybridized carbons (Fsp3) is 0.385. The SMILES string of the molecule is CNC(c1ccc(I)cc1)S(=O)(=O)C(C(=O)OC)C(=O)OC. The molecule has 0 aliphatic carbocycles. The van der Waals surface area contributed by atoms with E-state index in [2.05, 4.69) is 37.4 Å². The summed E-state index contributed by atoms with van der Waals surface area (Å²) in [5.41, 5.74) is 0.403. The van der Waals surface area contributed by atoms with Crippen molar-refractivity contribution in [3.63, 3.8) is 0 Å². The fourth-order valence-electron chi connectivity index (χ4n) is 1.87. The van der Waals surface area contributed by atoms with Gasteiger partial charge in [-0.25, -0.2) is 8.42 Å². The maximum Gasteiger partial charge on any atom is 0.335 e. The van der Waals surface area contributed by atoms with Crippen LogP contribution in [0.25, 0.3) is 0 Å². The molecular weight excluding hydrogens is 425 g/mol. The van der Waals surface area contributed by atoms with E-state index >= 15 is 0 Å². The Kier molecular flexibility index (Phi) is 6.75. The number of carbonyl (C=O) groups is 2. The largest absolute Gasteiger partial charge is 0.468 e. The molecule has 122 valence electrons. The van der Waals surface area contributed by atoms with Gasteiger partial charge in [0.15, 0.2) is 9.84 Å². The lowest BCUT2D eigenvalue weighted by molar-refractivity contribution is -0.150. The molecule has 1 aromatic rings. The molecule has 1 N–H and O–H groups in total. The highest BCUT2D eigenvalue weighted by molar-refractivity contribution is 14.1. The van der Waals surface area contributed by atoms with Crippen molar-refractivity contribution in [3.05, 3.63) is 33.4 Å². The third kappa shape index (κ3) is 3.96. The van der Waals surface area contributed by atoms with E-state index in [4.69, 9.17) is 0 Å². The summed E-state index contributed by atoms with van der Waals surface area (Å²) in [6.45, 7) is 0. The summed E-state index contributed by atoms with van der Waals surface area (Å²) in [7, 11) is -0.828. The minimum atomic E-state index is -4.26. The number of ether oxygens (including phenoxy) is 2. The molecule has 0 radical (unpaired) electrons. The summed E-state index contributed by atoms with van der Waals surface area (Å²) in [5.74, 6) is -2.37. The molecule has 1 rings (SSSR count). The summed E-state index contributed by atoms with van der Waals surface area (Å²) in [6.07, 6.45) is 0. The van der Waals surface area contributed by atoms with Gasteiger partial charge in [0, 0.05) is 3.57 Å². The Labute approximate surface area is 142 Å². The van der Waals surface area contributed by atoms with Crippen LogP contribution in [0.3, 0.4) is 0 Å². The van der Waals surface area contributed by atoms with E-state index in [1.807, 2.05) is 0 Å². The van der Waals surface area contributed by atoms with Gasteiger partial charge in [0.05, 0.1) is 14.2 Å². The molecule has 22 heavy (non-hydrogen) atoms. The fourth-order valence-corrected chi connectivity index (χ4v) is 4.10. The van der Waals surface area contributed by atoms with Gasteiger partial charge in [0.2, 0.25) is 0 Å². The Morgan fingerprint density at radius 1 is 1.09 bits per heavy atom. The molecule has 1 aromatic carbocycles. The molecule has 0 saturated carbocycles. The smallest absolute Gasteiger partial charge is 0.335 e. The van der Waals surface area contributed by atoms with Gasteiger partial charge in [-0.15, -0.1) is 0 Å². The van der Waals surface area contributed by atoms with E-state index < -0.39 is 32.4 Å². The second kappa shape index (κ2) is 7.88. The number of benzene rings is 1. The van der Waals surface area contributed by atoms with Gasteiger partial charge < -0.3 is 14.8 Å². The lowest BCUT2D eigenvalue weighted by Crippen LogP contribution is -2.44. The molecule has 1 atom stereocenters. The van der Waals surface area contributed by atoms with Gasteiger partial charge in [-0.3, -0.25) is 9.59 Å². The van der Waals surface area contributed by atoms with E-state index in [1.54, 1.807) is 24.3 Å². The Morgan fingerprint density at radius 3 is 1.91 bits per heavy atom. The molecule has 0 heterocycles. The topological polar surface area (TPSA) is 98.8 Å². The Balaban J connectivity index is 3.34. The maximum atomic E-state index is 12.7. The number of sulfone groups is 1. The summed E-state index contributed by atoms with van der Waals surface area (Å²) >= 11 is 2.08. The number of halogens is 1. The predicted octanol–water partition coefficient (Wildman–Crippen LogP) is 0.639. The van der Waals surface area contributed by atoms with Crippen molar-refractivity contribution in [1.82, 2.24) is 5.32 Å². The van der Waals surface area contributed by atoms with Gasteiger partial charge in [-0.2, -0.15) is 0 Å². The van der Waals surface area contributed by atoms with E-state index in [9.17, 15) is 18.0 Å². The zero-order valence-corrected chi connectivity index (χ0v) is 15.2. The molecule has 7 nitrogen and oxygen atoms in total. The molecule has 0 aromatic heterocycles. The van der Waals surface area contributed by atoms with Crippen molar-refractivity contribution in [2.45, 2.75) is 10.6 Å². The van der Waals surface area contributed by atoms with Gasteiger partial charge in [-0.1, -0.05) is 12.1 Å². The third-order valence-electron chi connectivity index (χ3n) is 2.92. The first-order valence-corrected chi connectivity index (χ1v) is 8.79. The third-order valence-corrected chi connectivity index (χ3v) is 5.85. The first-order chi connectivity index (χ1) is 10.3. The molecule has 1 unspecified atom stereocenters. The van der Waals surface area contributed by atoms with Crippen LogP contribution >= 0.6 is 22.6 Å². The number of rotatable bonds is 6. The van der Waals surface area contributed by atoms with Crippen molar-refractivity contribution in [2.24, 2.45) is 0 Å². The minimum Gasteiger partial charge on any atom is -0.468 e. The minimum absolute atomic E-state index is 0.403. The highest BCUT2D eigenvalue weighted by Crippen LogP contribution is 2.25. The van der Waals surface area contributed by atoms with Gasteiger partial charge in [0.25, 0.3) is 5.25 Å². The average molecular weight is 441 g/mol. The second-order valence-electron chi connectivity index (χ2n) is 4.24. The monoisotopic (exact) mass is 441 g/mol. The number of hydrogen-bond donors (Lipinski definition) is 1. The quantitative estimate of drug-likeness (QED) is 0.393. The normalized spacial score (nSPS) is 12.8. The van der Waals surface area contributed by atoms with Crippen molar-refractivity contribution in [1.29, 1.82) is 0 Å². The van der Waals surface area contributed by atoms with Crippen LogP contribution in [0.5, 0.6) is 0 Å². The first kappa shape index (κ1) is 18.8. The standard InChI is InChI=1S/C13H16INO6S/c1-15-11(8-4-6-9(14)7-5-8)22(18,19)10(12(16)20-2)13(17)21-3/h4-7,10-11,15H,1-3H3. The average Bonchev–Trinajstić information content (AvgIpc) is 2.49. The lowest BCUT2D eigenvalue weighted by Gasteiger charge is -2.21. The number of carbonyl (C=O) groups excluding carboxylic acids is 2. The van der Waals surface area contributed by atoms with E-state index in [0.29, 0.717) is 5.56 Å². The Bertz CT molecular complexity index is 627. The molecule has 0 bridgehead atoms. The van der Waals surface area contributed by atoms with Crippen LogP contribution in [-0.2, 0) is 28.9 Å². The number of methoxy groups -OCH3 is 2. The zero-order valence-electron chi connectivity index (χ0n) is 12.2. The second-order valence-corrected chi connectivity index (χ2v) is 7.60. The summed E-state index contributed by atoms with van der Waals surface area (Å²) in [5, 5.41) is -0.675. The molecule has 9 heteroatoms. The van der Waals surface area contributed by atoms with Gasteiger partial charge >= 0.3 is 11.9 Å². The van der Waals surface area contributed by atoms with Crippen LogP contribution < -0.4 is 5.32 Å². The molecule has 0 spiro atoms. The maximum absolute atomic E-state index is 12.7. The van der Waals surface area contributed by atoms with E-state index in [0.717, 1.165) is 17.8 Å².